The van der Waals surface area contributed by atoms with E-state index < -0.39 is 16.0 Å². The van der Waals surface area contributed by atoms with Gasteiger partial charge in [-0.2, -0.15) is 0 Å². The molecule has 10 heteroatoms. The maximum atomic E-state index is 14.2. The van der Waals surface area contributed by atoms with Crippen LogP contribution in [-0.4, -0.2) is 42.7 Å². The molecule has 1 aliphatic heterocycles. The Morgan fingerprint density at radius 1 is 0.915 bits per heavy atom. The van der Waals surface area contributed by atoms with Crippen molar-refractivity contribution in [2.24, 2.45) is 5.73 Å². The molecule has 0 aliphatic carbocycles. The number of hydrogen-bond donors (Lipinski definition) is 2. The molecule has 1 heterocycles. The molecule has 5 rings (SSSR count). The van der Waals surface area contributed by atoms with Gasteiger partial charge in [0.05, 0.1) is 13.7 Å². The minimum Gasteiger partial charge on any atom is -0.493 e. The van der Waals surface area contributed by atoms with Gasteiger partial charge in [0, 0.05) is 24.2 Å². The molecule has 3 amide bonds. The normalized spacial score (nSPS) is 17.3. The van der Waals surface area contributed by atoms with Crippen molar-refractivity contribution < 1.29 is 28.6 Å². The third-order valence-electron chi connectivity index (χ3n) is 7.86. The van der Waals surface area contributed by atoms with E-state index in [1.54, 1.807) is 43.2 Å². The number of methoxy groups -OCH3 is 1. The Labute approximate surface area is 279 Å². The van der Waals surface area contributed by atoms with Gasteiger partial charge in [-0.1, -0.05) is 54.6 Å². The van der Waals surface area contributed by atoms with Crippen molar-refractivity contribution in [3.8, 4) is 17.2 Å². The summed E-state index contributed by atoms with van der Waals surface area (Å²) >= 11 is 1.41. The number of thioether (sulfide) groups is 1. The molecule has 244 valence electrons. The van der Waals surface area contributed by atoms with Crippen molar-refractivity contribution in [2.75, 3.05) is 25.2 Å². The first-order chi connectivity index (χ1) is 22.7. The first-order valence-corrected chi connectivity index (χ1v) is 16.3. The van der Waals surface area contributed by atoms with Crippen LogP contribution in [0.2, 0.25) is 0 Å². The van der Waals surface area contributed by atoms with Gasteiger partial charge in [-0.05, 0) is 79.4 Å². The Balaban J connectivity index is 1.31. The van der Waals surface area contributed by atoms with Crippen LogP contribution in [0.15, 0.2) is 97.1 Å². The van der Waals surface area contributed by atoms with Gasteiger partial charge in [0.25, 0.3) is 0 Å². The number of ether oxygens (including phenoxy) is 3. The van der Waals surface area contributed by atoms with Crippen LogP contribution in [0.1, 0.15) is 52.7 Å². The van der Waals surface area contributed by atoms with E-state index in [1.165, 1.54) is 11.8 Å². The fourth-order valence-corrected chi connectivity index (χ4v) is 6.96. The molecule has 2 atom stereocenters. The predicted molar refractivity (Wildman–Crippen MR) is 184 cm³/mol. The minimum atomic E-state index is -1.07. The molecule has 0 bridgehead atoms. The fraction of sp³-hybridized carbons (Fsp3) is 0.270. The van der Waals surface area contributed by atoms with Crippen LogP contribution in [0.25, 0.3) is 0 Å². The Morgan fingerprint density at radius 3 is 2.38 bits per heavy atom. The molecule has 0 saturated carbocycles. The van der Waals surface area contributed by atoms with Gasteiger partial charge in [0.2, 0.25) is 17.7 Å². The van der Waals surface area contributed by atoms with Gasteiger partial charge in [-0.25, -0.2) is 0 Å². The molecule has 9 nitrogen and oxygen atoms in total. The Kier molecular flexibility index (Phi) is 10.7. The number of anilines is 1. The summed E-state index contributed by atoms with van der Waals surface area (Å²) < 4.78 is 15.9. The summed E-state index contributed by atoms with van der Waals surface area (Å²) in [5, 5.41) is 2.52. The lowest BCUT2D eigenvalue weighted by molar-refractivity contribution is -0.126. The van der Waals surface area contributed by atoms with Gasteiger partial charge in [0.1, 0.15) is 22.5 Å². The molecule has 0 spiro atoms. The van der Waals surface area contributed by atoms with Gasteiger partial charge >= 0.3 is 0 Å². The smallest absolute Gasteiger partial charge is 0.248 e. The lowest BCUT2D eigenvalue weighted by Gasteiger charge is -2.25. The van der Waals surface area contributed by atoms with Crippen LogP contribution in [0.4, 0.5) is 5.69 Å². The minimum absolute atomic E-state index is 0.0237. The van der Waals surface area contributed by atoms with Gasteiger partial charge < -0.3 is 25.3 Å². The molecule has 1 aliphatic rings. The maximum Gasteiger partial charge on any atom is 0.248 e. The second-order valence-corrected chi connectivity index (χ2v) is 12.9. The van der Waals surface area contributed by atoms with Crippen molar-refractivity contribution in [3.63, 3.8) is 0 Å². The molecule has 1 fully saturated rings. The fourth-order valence-electron chi connectivity index (χ4n) is 5.44. The Morgan fingerprint density at radius 2 is 1.68 bits per heavy atom. The zero-order valence-electron chi connectivity index (χ0n) is 26.7. The molecular formula is C37H39N3O6S. The van der Waals surface area contributed by atoms with Crippen LogP contribution < -0.4 is 30.2 Å². The van der Waals surface area contributed by atoms with E-state index in [0.717, 1.165) is 16.7 Å². The van der Waals surface area contributed by atoms with E-state index in [1.807, 2.05) is 79.7 Å². The number of carbonyl (C=O) groups excluding carboxylic acids is 3. The summed E-state index contributed by atoms with van der Waals surface area (Å²) in [5.74, 6) is 0.950. The average Bonchev–Trinajstić information content (AvgIpc) is 3.34. The van der Waals surface area contributed by atoms with Crippen LogP contribution in [0.5, 0.6) is 17.2 Å². The summed E-state index contributed by atoms with van der Waals surface area (Å²) in [7, 11) is 1.59. The Bertz CT molecular complexity index is 1720. The van der Waals surface area contributed by atoms with Gasteiger partial charge in [-0.3, -0.25) is 19.3 Å². The first-order valence-electron chi connectivity index (χ1n) is 15.4. The molecule has 0 radical (unpaired) electrons. The summed E-state index contributed by atoms with van der Waals surface area (Å²) in [6, 6.07) is 29.9. The second kappa shape index (κ2) is 15.1. The number of amides is 3. The number of nitrogens with two attached hydrogens (primary N) is 1. The summed E-state index contributed by atoms with van der Waals surface area (Å²) in [4.78, 5) is 41.1. The summed E-state index contributed by atoms with van der Waals surface area (Å²) in [5.41, 5.74) is 9.29. The van der Waals surface area contributed by atoms with Crippen LogP contribution >= 0.6 is 11.8 Å². The van der Waals surface area contributed by atoms with E-state index in [0.29, 0.717) is 54.7 Å². The molecular weight excluding hydrogens is 614 g/mol. The van der Waals surface area contributed by atoms with Crippen LogP contribution in [0, 0.1) is 0 Å². The lowest BCUT2D eigenvalue weighted by atomic mass is 10.0. The van der Waals surface area contributed by atoms with Crippen LogP contribution in [0.3, 0.4) is 0 Å². The van der Waals surface area contributed by atoms with Crippen molar-refractivity contribution in [1.29, 1.82) is 0 Å². The van der Waals surface area contributed by atoms with E-state index >= 15 is 0 Å². The number of nitrogens with one attached hydrogen (secondary N) is 1. The van der Waals surface area contributed by atoms with Crippen molar-refractivity contribution in [3.05, 3.63) is 119 Å². The number of benzene rings is 4. The van der Waals surface area contributed by atoms with E-state index in [4.69, 9.17) is 19.9 Å². The molecule has 47 heavy (non-hydrogen) atoms. The van der Waals surface area contributed by atoms with Crippen molar-refractivity contribution in [2.45, 2.75) is 43.4 Å². The lowest BCUT2D eigenvalue weighted by Crippen LogP contribution is -2.41. The average molecular weight is 654 g/mol. The molecule has 0 aromatic heterocycles. The van der Waals surface area contributed by atoms with Gasteiger partial charge in [-0.15, -0.1) is 11.8 Å². The highest BCUT2D eigenvalue weighted by molar-refractivity contribution is 8.02. The Hall–Kier alpha value is -4.96. The third kappa shape index (κ3) is 8.07. The zero-order chi connectivity index (χ0) is 33.4. The first kappa shape index (κ1) is 33.4. The molecule has 1 saturated heterocycles. The van der Waals surface area contributed by atoms with Crippen molar-refractivity contribution in [1.82, 2.24) is 5.32 Å². The highest BCUT2D eigenvalue weighted by Crippen LogP contribution is 2.53. The number of nitrogens with zero attached hydrogens (tertiary/aromatic N) is 1. The van der Waals surface area contributed by atoms with E-state index in [2.05, 4.69) is 5.32 Å². The number of primary amides is 1. The maximum absolute atomic E-state index is 14.2. The predicted octanol–water partition coefficient (Wildman–Crippen LogP) is 6.06. The van der Waals surface area contributed by atoms with Crippen molar-refractivity contribution >= 4 is 35.2 Å². The standard InChI is InChI=1S/C37H39N3O6S/c1-4-45-32-21-25(13-18-31(32)44-3)19-20-39-33(41)23-37(2)36(43)40(29-12-8-11-28(22-29)34(38)42)35(47-37)27-14-16-30(17-15-27)46-24-26-9-6-5-7-10-26/h5-18,21-22,35H,4,19-20,23-24H2,1-3H3,(H2,38,42)(H,39,41)/t35-,37+/m0/s1. The molecule has 0 unspecified atom stereocenters. The molecule has 4 aromatic rings. The third-order valence-corrected chi connectivity index (χ3v) is 9.41. The highest BCUT2D eigenvalue weighted by Gasteiger charge is 2.51. The quantitative estimate of drug-likeness (QED) is 0.170. The van der Waals surface area contributed by atoms with Crippen LogP contribution in [-0.2, 0) is 22.6 Å². The number of carbonyl (C=O) groups is 3. The number of rotatable bonds is 14. The largest absolute Gasteiger partial charge is 0.493 e. The molecule has 3 N–H and O–H groups in total. The zero-order valence-corrected chi connectivity index (χ0v) is 27.5. The topological polar surface area (TPSA) is 120 Å². The van der Waals surface area contributed by atoms with E-state index in [-0.39, 0.29) is 18.2 Å². The molecule has 4 aromatic carbocycles. The summed E-state index contributed by atoms with van der Waals surface area (Å²) in [6.07, 6.45) is 0.561. The van der Waals surface area contributed by atoms with E-state index in [9.17, 15) is 14.4 Å². The second-order valence-electron chi connectivity index (χ2n) is 11.3. The van der Waals surface area contributed by atoms with Gasteiger partial charge in [0.15, 0.2) is 11.5 Å². The summed E-state index contributed by atoms with van der Waals surface area (Å²) in [6.45, 7) is 5.04. The highest BCUT2D eigenvalue weighted by atomic mass is 32.2. The monoisotopic (exact) mass is 653 g/mol. The SMILES string of the molecule is CCOc1cc(CCNC(=O)C[C@@]2(C)S[C@@H](c3ccc(OCc4ccccc4)cc3)N(c3cccc(C(N)=O)c3)C2=O)ccc1OC. The number of hydrogen-bond acceptors (Lipinski definition) is 7.